The summed E-state index contributed by atoms with van der Waals surface area (Å²) in [7, 11) is 0. The quantitative estimate of drug-likeness (QED) is 0.707. The Balaban J connectivity index is 1.69. The molecule has 1 saturated heterocycles. The van der Waals surface area contributed by atoms with Crippen LogP contribution in [-0.2, 0) is 9.47 Å². The maximum Gasteiger partial charge on any atom is 0.508 e. The predicted molar refractivity (Wildman–Crippen MR) is 67.2 cm³/mol. The summed E-state index contributed by atoms with van der Waals surface area (Å²) in [5.41, 5.74) is 11.9. The second kappa shape index (κ2) is 5.56. The Kier molecular flexibility index (Phi) is 4.06. The van der Waals surface area contributed by atoms with E-state index in [0.717, 1.165) is 25.7 Å². The lowest BCUT2D eigenvalue weighted by atomic mass is 9.92. The van der Waals surface area contributed by atoms with Crippen molar-refractivity contribution in [1.29, 1.82) is 0 Å². The number of rotatable bonds is 5. The molecule has 0 aromatic heterocycles. The van der Waals surface area contributed by atoms with Crippen LogP contribution in [0.1, 0.15) is 32.6 Å². The minimum atomic E-state index is -0.564. The molecule has 4 unspecified atom stereocenters. The minimum absolute atomic E-state index is 0.0269. The Labute approximate surface area is 107 Å². The molecular formula is C12H21N3O3. The van der Waals surface area contributed by atoms with E-state index in [1.165, 1.54) is 0 Å². The van der Waals surface area contributed by atoms with Gasteiger partial charge in [0.1, 0.15) is 12.7 Å². The molecule has 2 aliphatic rings. The zero-order chi connectivity index (χ0) is 13.1. The summed E-state index contributed by atoms with van der Waals surface area (Å²) in [4.78, 5) is 15.1. The summed E-state index contributed by atoms with van der Waals surface area (Å²) in [6.07, 6.45) is 2.72. The first-order chi connectivity index (χ1) is 8.56. The molecule has 6 heteroatoms. The van der Waals surface area contributed by atoms with Gasteiger partial charge >= 0.3 is 6.16 Å². The van der Waals surface area contributed by atoms with E-state index in [2.05, 4.69) is 11.9 Å². The van der Waals surface area contributed by atoms with E-state index in [1.54, 1.807) is 0 Å². The molecule has 0 spiro atoms. The average molecular weight is 255 g/mol. The van der Waals surface area contributed by atoms with Crippen molar-refractivity contribution in [2.24, 2.45) is 22.4 Å². The van der Waals surface area contributed by atoms with Gasteiger partial charge in [0.2, 0.25) is 0 Å². The molecule has 6 nitrogen and oxygen atoms in total. The topological polar surface area (TPSA) is 99.9 Å². The van der Waals surface area contributed by atoms with Crippen LogP contribution in [0.2, 0.25) is 0 Å². The Hall–Kier alpha value is -1.30. The van der Waals surface area contributed by atoms with Crippen LogP contribution in [-0.4, -0.2) is 36.8 Å². The average Bonchev–Trinajstić information content (AvgIpc) is 2.85. The molecule has 0 aromatic carbocycles. The van der Waals surface area contributed by atoms with Crippen molar-refractivity contribution in [3.63, 3.8) is 0 Å². The molecule has 0 aromatic rings. The molecule has 2 aliphatic heterocycles. The fourth-order valence-electron chi connectivity index (χ4n) is 2.60. The lowest BCUT2D eigenvalue weighted by Gasteiger charge is -2.21. The molecule has 4 atom stereocenters. The fourth-order valence-corrected chi connectivity index (χ4v) is 2.60. The van der Waals surface area contributed by atoms with Gasteiger partial charge < -0.3 is 20.9 Å². The predicted octanol–water partition coefficient (Wildman–Crippen LogP) is 0.785. The summed E-state index contributed by atoms with van der Waals surface area (Å²) in [5.74, 6) is 1.13. The number of hydrogen-bond acceptors (Lipinski definition) is 6. The van der Waals surface area contributed by atoms with Crippen molar-refractivity contribution in [3.05, 3.63) is 0 Å². The molecule has 4 N–H and O–H groups in total. The summed E-state index contributed by atoms with van der Waals surface area (Å²) in [6, 6.07) is 0.159. The van der Waals surface area contributed by atoms with E-state index in [0.29, 0.717) is 18.4 Å². The first-order valence-electron chi connectivity index (χ1n) is 6.47. The molecular weight excluding hydrogens is 234 g/mol. The third-order valence-corrected chi connectivity index (χ3v) is 3.58. The minimum Gasteiger partial charge on any atom is -0.430 e. The third-order valence-electron chi connectivity index (χ3n) is 3.58. The van der Waals surface area contributed by atoms with Crippen LogP contribution in [0, 0.1) is 5.92 Å². The van der Waals surface area contributed by atoms with Crippen LogP contribution in [0.15, 0.2) is 4.99 Å². The van der Waals surface area contributed by atoms with Gasteiger partial charge in [-0.3, -0.25) is 4.99 Å². The molecule has 18 heavy (non-hydrogen) atoms. The van der Waals surface area contributed by atoms with Crippen LogP contribution in [0.25, 0.3) is 0 Å². The summed E-state index contributed by atoms with van der Waals surface area (Å²) >= 11 is 0. The molecule has 0 radical (unpaired) electrons. The number of carbonyl (C=O) groups is 1. The van der Waals surface area contributed by atoms with E-state index < -0.39 is 6.16 Å². The van der Waals surface area contributed by atoms with E-state index in [1.807, 2.05) is 0 Å². The molecule has 102 valence electrons. The van der Waals surface area contributed by atoms with Gasteiger partial charge in [0, 0.05) is 12.5 Å². The van der Waals surface area contributed by atoms with Gasteiger partial charge in [-0.25, -0.2) is 4.79 Å². The number of ether oxygens (including phenoxy) is 2. The normalized spacial score (nSPS) is 32.9. The maximum absolute atomic E-state index is 10.7. The van der Waals surface area contributed by atoms with Crippen LogP contribution in [0.4, 0.5) is 4.79 Å². The van der Waals surface area contributed by atoms with Crippen LogP contribution in [0.5, 0.6) is 0 Å². The van der Waals surface area contributed by atoms with Gasteiger partial charge in [-0.05, 0) is 25.2 Å². The van der Waals surface area contributed by atoms with E-state index >= 15 is 0 Å². The first kappa shape index (κ1) is 13.1. The molecule has 2 heterocycles. The molecule has 2 rings (SSSR count). The van der Waals surface area contributed by atoms with Gasteiger partial charge in [0.15, 0.2) is 0 Å². The van der Waals surface area contributed by atoms with Crippen LogP contribution >= 0.6 is 0 Å². The second-order valence-electron chi connectivity index (χ2n) is 5.19. The van der Waals surface area contributed by atoms with Crippen molar-refractivity contribution < 1.29 is 14.3 Å². The van der Waals surface area contributed by atoms with Crippen molar-refractivity contribution in [1.82, 2.24) is 0 Å². The lowest BCUT2D eigenvalue weighted by molar-refractivity contribution is 0.115. The lowest BCUT2D eigenvalue weighted by Crippen LogP contribution is -2.36. The van der Waals surface area contributed by atoms with Crippen molar-refractivity contribution in [3.8, 4) is 0 Å². The number of aliphatic imine (C=N–C) groups is 1. The highest BCUT2D eigenvalue weighted by Crippen LogP contribution is 2.24. The fraction of sp³-hybridized carbons (Fsp3) is 0.833. The first-order valence-corrected chi connectivity index (χ1v) is 6.47. The van der Waals surface area contributed by atoms with Crippen LogP contribution in [0.3, 0.4) is 0 Å². The number of nitrogens with zero attached hydrogens (tertiary/aromatic N) is 1. The van der Waals surface area contributed by atoms with Crippen molar-refractivity contribution in [2.75, 3.05) is 6.61 Å². The van der Waals surface area contributed by atoms with Gasteiger partial charge in [0.05, 0.1) is 11.9 Å². The summed E-state index contributed by atoms with van der Waals surface area (Å²) in [6.45, 7) is 2.49. The number of cyclic esters (lactones) is 2. The van der Waals surface area contributed by atoms with E-state index in [9.17, 15) is 4.79 Å². The largest absolute Gasteiger partial charge is 0.508 e. The number of hydrogen-bond donors (Lipinski definition) is 2. The maximum atomic E-state index is 10.7. The number of carbonyl (C=O) groups excluding carboxylic acids is 1. The van der Waals surface area contributed by atoms with Crippen molar-refractivity contribution in [2.45, 2.75) is 50.8 Å². The second-order valence-corrected chi connectivity index (χ2v) is 5.19. The Morgan fingerprint density at radius 3 is 2.89 bits per heavy atom. The van der Waals surface area contributed by atoms with E-state index in [-0.39, 0.29) is 18.2 Å². The monoisotopic (exact) mass is 255 g/mol. The highest BCUT2D eigenvalue weighted by atomic mass is 16.8. The third kappa shape index (κ3) is 3.13. The molecule has 0 saturated carbocycles. The molecule has 0 bridgehead atoms. The van der Waals surface area contributed by atoms with Crippen LogP contribution < -0.4 is 11.5 Å². The zero-order valence-electron chi connectivity index (χ0n) is 10.7. The Bertz CT molecular complexity index is 345. The van der Waals surface area contributed by atoms with E-state index in [4.69, 9.17) is 20.9 Å². The molecule has 0 aliphatic carbocycles. The highest BCUT2D eigenvalue weighted by molar-refractivity contribution is 5.82. The standard InChI is InChI=1S/C12H21N3O3/c1-7-5-10(14)15-11(7)9(13)4-2-3-8-6-17-12(16)18-8/h7-9,11H,2-6,13H2,1H3,(H2,14,15). The van der Waals surface area contributed by atoms with Gasteiger partial charge in [-0.1, -0.05) is 6.92 Å². The molecule has 1 fully saturated rings. The summed E-state index contributed by atoms with van der Waals surface area (Å²) < 4.78 is 9.68. The highest BCUT2D eigenvalue weighted by Gasteiger charge is 2.30. The Morgan fingerprint density at radius 1 is 1.56 bits per heavy atom. The van der Waals surface area contributed by atoms with Crippen molar-refractivity contribution >= 4 is 12.0 Å². The Morgan fingerprint density at radius 2 is 2.33 bits per heavy atom. The number of amidine groups is 1. The smallest absolute Gasteiger partial charge is 0.430 e. The summed E-state index contributed by atoms with van der Waals surface area (Å²) in [5, 5.41) is 0. The van der Waals surface area contributed by atoms with Gasteiger partial charge in [0.25, 0.3) is 0 Å². The molecule has 0 amide bonds. The SMILES string of the molecule is CC1CC(N)=NC1C(N)CCCC1COC(=O)O1. The van der Waals surface area contributed by atoms with Gasteiger partial charge in [-0.2, -0.15) is 0 Å². The van der Waals surface area contributed by atoms with Gasteiger partial charge in [-0.15, -0.1) is 0 Å². The zero-order valence-corrected chi connectivity index (χ0v) is 10.7. The number of nitrogens with two attached hydrogens (primary N) is 2.